The number of hydrogen-bond acceptors (Lipinski definition) is 5. The molecule has 1 N–H and O–H groups in total. The number of aromatic nitrogens is 3. The van der Waals surface area contributed by atoms with Crippen molar-refractivity contribution in [2.24, 2.45) is 0 Å². The molecule has 0 atom stereocenters. The van der Waals surface area contributed by atoms with Crippen molar-refractivity contribution in [3.8, 4) is 5.69 Å². The van der Waals surface area contributed by atoms with E-state index in [1.54, 1.807) is 0 Å². The van der Waals surface area contributed by atoms with Gasteiger partial charge in [0.2, 0.25) is 0 Å². The zero-order valence-electron chi connectivity index (χ0n) is 11.3. The fourth-order valence-electron chi connectivity index (χ4n) is 2.25. The summed E-state index contributed by atoms with van der Waals surface area (Å²) in [6, 6.07) is 0. The highest BCUT2D eigenvalue weighted by molar-refractivity contribution is 5.71. The molecular weight excluding hydrogens is 262 g/mol. The van der Waals surface area contributed by atoms with Gasteiger partial charge in [-0.05, 0) is 12.8 Å². The van der Waals surface area contributed by atoms with Gasteiger partial charge in [0.15, 0.2) is 0 Å². The molecule has 0 aliphatic carbocycles. The van der Waals surface area contributed by atoms with E-state index in [0.717, 1.165) is 0 Å². The highest BCUT2D eigenvalue weighted by atomic mass is 16.5. The normalized spacial score (nSPS) is 10.7. The Bertz CT molecular complexity index is 674. The van der Waals surface area contributed by atoms with Gasteiger partial charge in [-0.1, -0.05) is 19.0 Å². The van der Waals surface area contributed by atoms with Crippen LogP contribution >= 0.6 is 0 Å². The molecule has 0 unspecified atom stereocenters. The van der Waals surface area contributed by atoms with Crippen molar-refractivity contribution in [2.75, 3.05) is 0 Å². The smallest absolute Gasteiger partial charge is 0.352 e. The van der Waals surface area contributed by atoms with E-state index in [9.17, 15) is 9.59 Å². The molecule has 0 saturated heterocycles. The number of carbonyl (C=O) groups is 1. The van der Waals surface area contributed by atoms with E-state index in [2.05, 4.69) is 10.1 Å². The maximum atomic E-state index is 12.2. The minimum Gasteiger partial charge on any atom is -0.481 e. The lowest BCUT2D eigenvalue weighted by Crippen LogP contribution is -2.28. The zero-order chi connectivity index (χ0) is 14.7. The molecule has 2 aromatic rings. The third kappa shape index (κ3) is 2.47. The van der Waals surface area contributed by atoms with Crippen LogP contribution in [0.25, 0.3) is 5.69 Å². The summed E-state index contributed by atoms with van der Waals surface area (Å²) in [5.74, 6) is -0.952. The molecule has 0 bridgehead atoms. The van der Waals surface area contributed by atoms with Gasteiger partial charge in [-0.3, -0.25) is 9.36 Å². The van der Waals surface area contributed by atoms with E-state index in [1.165, 1.54) is 17.0 Å². The Morgan fingerprint density at radius 2 is 2.15 bits per heavy atom. The van der Waals surface area contributed by atoms with E-state index in [1.807, 2.05) is 13.8 Å². The first-order valence-corrected chi connectivity index (χ1v) is 6.33. The predicted octanol–water partition coefficient (Wildman–Crippen LogP) is 0.972. The molecule has 20 heavy (non-hydrogen) atoms. The first-order valence-electron chi connectivity index (χ1n) is 6.33. The van der Waals surface area contributed by atoms with Crippen molar-refractivity contribution < 1.29 is 14.4 Å². The molecule has 0 amide bonds. The molecule has 0 aliphatic rings. The molecule has 0 aromatic carbocycles. The quantitative estimate of drug-likeness (QED) is 0.874. The minimum absolute atomic E-state index is 0.162. The van der Waals surface area contributed by atoms with E-state index in [-0.39, 0.29) is 6.42 Å². The fourth-order valence-corrected chi connectivity index (χ4v) is 2.25. The third-order valence-electron chi connectivity index (χ3n) is 3.06. The number of nitrogens with zero attached hydrogens (tertiary/aromatic N) is 3. The standard InChI is InChI=1S/C13H15N3O4/c1-3-10-9(5-12(17)18)11(4-2)16(13(19)15-10)8-6-14-20-7-8/h6-7H,3-5H2,1-2H3,(H,17,18). The maximum absolute atomic E-state index is 12.2. The number of carboxylic acid groups (broad SMARTS) is 1. The molecule has 7 heteroatoms. The van der Waals surface area contributed by atoms with Crippen LogP contribution in [0.2, 0.25) is 0 Å². The zero-order valence-corrected chi connectivity index (χ0v) is 11.3. The lowest BCUT2D eigenvalue weighted by Gasteiger charge is -2.15. The second-order valence-electron chi connectivity index (χ2n) is 4.26. The molecule has 0 fully saturated rings. The Morgan fingerprint density at radius 3 is 2.65 bits per heavy atom. The van der Waals surface area contributed by atoms with Gasteiger partial charge >= 0.3 is 11.7 Å². The van der Waals surface area contributed by atoms with Crippen molar-refractivity contribution in [3.05, 3.63) is 39.9 Å². The molecule has 2 heterocycles. The van der Waals surface area contributed by atoms with Crippen molar-refractivity contribution in [3.63, 3.8) is 0 Å². The van der Waals surface area contributed by atoms with Crippen molar-refractivity contribution in [1.29, 1.82) is 0 Å². The van der Waals surface area contributed by atoms with Crippen molar-refractivity contribution >= 4 is 5.97 Å². The Labute approximate surface area is 114 Å². The summed E-state index contributed by atoms with van der Waals surface area (Å²) in [6.45, 7) is 3.71. The van der Waals surface area contributed by atoms with Crippen LogP contribution in [0.5, 0.6) is 0 Å². The van der Waals surface area contributed by atoms with Crippen molar-refractivity contribution in [1.82, 2.24) is 14.7 Å². The van der Waals surface area contributed by atoms with Crippen LogP contribution in [-0.2, 0) is 24.1 Å². The van der Waals surface area contributed by atoms with E-state index < -0.39 is 11.7 Å². The minimum atomic E-state index is -0.952. The highest BCUT2D eigenvalue weighted by Gasteiger charge is 2.19. The highest BCUT2D eigenvalue weighted by Crippen LogP contribution is 2.17. The lowest BCUT2D eigenvalue weighted by atomic mass is 10.0. The molecule has 106 valence electrons. The van der Waals surface area contributed by atoms with Crippen LogP contribution in [0.4, 0.5) is 0 Å². The van der Waals surface area contributed by atoms with Crippen LogP contribution < -0.4 is 5.69 Å². The number of aliphatic carboxylic acids is 1. The monoisotopic (exact) mass is 277 g/mol. The van der Waals surface area contributed by atoms with Crippen LogP contribution in [0.3, 0.4) is 0 Å². The topological polar surface area (TPSA) is 98.2 Å². The molecule has 0 saturated carbocycles. The Morgan fingerprint density at radius 1 is 1.40 bits per heavy atom. The van der Waals surface area contributed by atoms with Gasteiger partial charge in [-0.15, -0.1) is 0 Å². The second-order valence-corrected chi connectivity index (χ2v) is 4.26. The summed E-state index contributed by atoms with van der Waals surface area (Å²) in [4.78, 5) is 27.2. The molecule has 2 rings (SSSR count). The lowest BCUT2D eigenvalue weighted by molar-refractivity contribution is -0.136. The Hall–Kier alpha value is -2.44. The summed E-state index contributed by atoms with van der Waals surface area (Å²) in [6.07, 6.45) is 3.59. The average molecular weight is 277 g/mol. The Balaban J connectivity index is 2.75. The number of rotatable bonds is 5. The van der Waals surface area contributed by atoms with Gasteiger partial charge in [0.1, 0.15) is 12.0 Å². The van der Waals surface area contributed by atoms with Gasteiger partial charge in [-0.2, -0.15) is 4.98 Å². The van der Waals surface area contributed by atoms with Gasteiger partial charge in [0.25, 0.3) is 0 Å². The summed E-state index contributed by atoms with van der Waals surface area (Å²) in [5.41, 5.74) is 1.75. The molecule has 7 nitrogen and oxygen atoms in total. The third-order valence-corrected chi connectivity index (χ3v) is 3.06. The molecule has 0 spiro atoms. The molecule has 0 aliphatic heterocycles. The van der Waals surface area contributed by atoms with E-state index in [4.69, 9.17) is 9.63 Å². The predicted molar refractivity (Wildman–Crippen MR) is 70.0 cm³/mol. The van der Waals surface area contributed by atoms with Gasteiger partial charge in [0.05, 0.1) is 18.3 Å². The van der Waals surface area contributed by atoms with E-state index in [0.29, 0.717) is 35.5 Å². The molecular formula is C13H15N3O4. The van der Waals surface area contributed by atoms with Crippen LogP contribution in [0.1, 0.15) is 30.8 Å². The van der Waals surface area contributed by atoms with Gasteiger partial charge < -0.3 is 9.63 Å². The molecule has 0 radical (unpaired) electrons. The first kappa shape index (κ1) is 14.0. The summed E-state index contributed by atoms with van der Waals surface area (Å²) in [5, 5.41) is 12.6. The summed E-state index contributed by atoms with van der Waals surface area (Å²) in [7, 11) is 0. The number of carboxylic acids is 1. The maximum Gasteiger partial charge on any atom is 0.352 e. The molecule has 2 aromatic heterocycles. The summed E-state index contributed by atoms with van der Waals surface area (Å²) >= 11 is 0. The number of aryl methyl sites for hydroxylation is 1. The van der Waals surface area contributed by atoms with Gasteiger partial charge in [-0.25, -0.2) is 4.79 Å². The fraction of sp³-hybridized carbons (Fsp3) is 0.385. The summed E-state index contributed by atoms with van der Waals surface area (Å²) < 4.78 is 6.10. The SMILES string of the molecule is CCc1nc(=O)n(-c2cnoc2)c(CC)c1CC(=O)O. The largest absolute Gasteiger partial charge is 0.481 e. The van der Waals surface area contributed by atoms with Gasteiger partial charge in [0, 0.05) is 11.3 Å². The van der Waals surface area contributed by atoms with Crippen molar-refractivity contribution in [2.45, 2.75) is 33.1 Å². The second kappa shape index (κ2) is 5.68. The van der Waals surface area contributed by atoms with Crippen LogP contribution in [-0.4, -0.2) is 25.8 Å². The average Bonchev–Trinajstić information content (AvgIpc) is 2.92. The Kier molecular flexibility index (Phi) is 3.97. The first-order chi connectivity index (χ1) is 9.58. The number of hydrogen-bond donors (Lipinski definition) is 1. The van der Waals surface area contributed by atoms with Crippen LogP contribution in [0.15, 0.2) is 21.8 Å². The van der Waals surface area contributed by atoms with E-state index >= 15 is 0 Å². The van der Waals surface area contributed by atoms with Crippen LogP contribution in [0, 0.1) is 0 Å².